The summed E-state index contributed by atoms with van der Waals surface area (Å²) in [6.45, 7) is 9.41. The summed E-state index contributed by atoms with van der Waals surface area (Å²) in [4.78, 5) is 16.8. The summed E-state index contributed by atoms with van der Waals surface area (Å²) in [5, 5.41) is 0. The van der Waals surface area contributed by atoms with Gasteiger partial charge in [-0.25, -0.2) is 0 Å². The van der Waals surface area contributed by atoms with Gasteiger partial charge in [-0.1, -0.05) is 18.2 Å². The van der Waals surface area contributed by atoms with Crippen LogP contribution in [0.1, 0.15) is 16.7 Å². The van der Waals surface area contributed by atoms with Crippen molar-refractivity contribution >= 4 is 11.6 Å². The molecule has 1 aliphatic rings. The first kappa shape index (κ1) is 19.1. The molecule has 0 atom stereocenters. The fourth-order valence-corrected chi connectivity index (χ4v) is 3.40. The molecule has 0 N–H and O–H groups in total. The summed E-state index contributed by atoms with van der Waals surface area (Å²) >= 11 is 0. The standard InChI is InChI=1S/C22H28N2O3/c1-16-8-9-20(21(14-16)26-4)27-15-22(25)24-12-10-23(11-13-24)19-7-5-6-17(2)18(19)3/h5-9,14H,10-13,15H2,1-4H3. The van der Waals surface area contributed by atoms with E-state index in [2.05, 4.69) is 36.9 Å². The van der Waals surface area contributed by atoms with E-state index in [4.69, 9.17) is 9.47 Å². The van der Waals surface area contributed by atoms with Gasteiger partial charge in [0.1, 0.15) is 0 Å². The Labute approximate surface area is 161 Å². The zero-order valence-corrected chi connectivity index (χ0v) is 16.6. The highest BCUT2D eigenvalue weighted by atomic mass is 16.5. The largest absolute Gasteiger partial charge is 0.493 e. The van der Waals surface area contributed by atoms with Gasteiger partial charge in [-0.2, -0.15) is 0 Å². The highest BCUT2D eigenvalue weighted by Gasteiger charge is 2.23. The number of hydrogen-bond acceptors (Lipinski definition) is 4. The van der Waals surface area contributed by atoms with Crippen molar-refractivity contribution in [2.75, 3.05) is 44.8 Å². The predicted molar refractivity (Wildman–Crippen MR) is 108 cm³/mol. The molecular formula is C22H28N2O3. The Balaban J connectivity index is 1.55. The minimum atomic E-state index is 0.0123. The van der Waals surface area contributed by atoms with Crippen molar-refractivity contribution in [3.8, 4) is 11.5 Å². The number of methoxy groups -OCH3 is 1. The first-order valence-electron chi connectivity index (χ1n) is 9.36. The van der Waals surface area contributed by atoms with Crippen molar-refractivity contribution in [2.45, 2.75) is 20.8 Å². The summed E-state index contributed by atoms with van der Waals surface area (Å²) in [5.74, 6) is 1.27. The number of rotatable bonds is 5. The van der Waals surface area contributed by atoms with E-state index in [1.54, 1.807) is 7.11 Å². The molecule has 27 heavy (non-hydrogen) atoms. The van der Waals surface area contributed by atoms with Gasteiger partial charge < -0.3 is 19.3 Å². The molecule has 0 aromatic heterocycles. The average molecular weight is 368 g/mol. The molecule has 0 radical (unpaired) electrons. The van der Waals surface area contributed by atoms with E-state index in [0.717, 1.165) is 18.7 Å². The number of ether oxygens (including phenoxy) is 2. The van der Waals surface area contributed by atoms with E-state index >= 15 is 0 Å². The van der Waals surface area contributed by atoms with Gasteiger partial charge in [0.15, 0.2) is 18.1 Å². The second-order valence-electron chi connectivity index (χ2n) is 7.03. The third kappa shape index (κ3) is 4.35. The zero-order valence-electron chi connectivity index (χ0n) is 16.6. The van der Waals surface area contributed by atoms with Crippen molar-refractivity contribution < 1.29 is 14.3 Å². The van der Waals surface area contributed by atoms with Crippen molar-refractivity contribution in [1.29, 1.82) is 0 Å². The summed E-state index contributed by atoms with van der Waals surface area (Å²) in [7, 11) is 1.61. The van der Waals surface area contributed by atoms with Crippen LogP contribution in [-0.4, -0.2) is 50.7 Å². The van der Waals surface area contributed by atoms with Crippen molar-refractivity contribution in [2.24, 2.45) is 0 Å². The van der Waals surface area contributed by atoms with E-state index in [9.17, 15) is 4.79 Å². The normalized spacial score (nSPS) is 14.2. The second-order valence-corrected chi connectivity index (χ2v) is 7.03. The van der Waals surface area contributed by atoms with Crippen LogP contribution in [0.5, 0.6) is 11.5 Å². The second kappa shape index (κ2) is 8.33. The molecule has 5 nitrogen and oxygen atoms in total. The van der Waals surface area contributed by atoms with E-state index in [-0.39, 0.29) is 12.5 Å². The molecular weight excluding hydrogens is 340 g/mol. The van der Waals surface area contributed by atoms with Crippen LogP contribution in [0.3, 0.4) is 0 Å². The molecule has 1 amide bonds. The Hall–Kier alpha value is -2.69. The summed E-state index contributed by atoms with van der Waals surface area (Å²) in [6.07, 6.45) is 0. The number of aryl methyl sites for hydroxylation is 2. The van der Waals surface area contributed by atoms with Crippen LogP contribution in [0.4, 0.5) is 5.69 Å². The average Bonchev–Trinajstić information content (AvgIpc) is 2.69. The van der Waals surface area contributed by atoms with Crippen molar-refractivity contribution in [3.63, 3.8) is 0 Å². The smallest absolute Gasteiger partial charge is 0.260 e. The maximum atomic E-state index is 12.5. The summed E-state index contributed by atoms with van der Waals surface area (Å²) in [5.41, 5.74) is 4.97. The van der Waals surface area contributed by atoms with Crippen LogP contribution < -0.4 is 14.4 Å². The van der Waals surface area contributed by atoms with Gasteiger partial charge in [-0.15, -0.1) is 0 Å². The van der Waals surface area contributed by atoms with E-state index in [1.165, 1.54) is 16.8 Å². The maximum Gasteiger partial charge on any atom is 0.260 e. The monoisotopic (exact) mass is 368 g/mol. The lowest BCUT2D eigenvalue weighted by atomic mass is 10.1. The number of hydrogen-bond donors (Lipinski definition) is 0. The van der Waals surface area contributed by atoms with Gasteiger partial charge in [0.05, 0.1) is 7.11 Å². The molecule has 5 heteroatoms. The first-order chi connectivity index (χ1) is 13.0. The van der Waals surface area contributed by atoms with Crippen LogP contribution in [0.15, 0.2) is 36.4 Å². The lowest BCUT2D eigenvalue weighted by Gasteiger charge is -2.37. The van der Waals surface area contributed by atoms with E-state index in [0.29, 0.717) is 24.6 Å². The van der Waals surface area contributed by atoms with Crippen LogP contribution in [0, 0.1) is 20.8 Å². The van der Waals surface area contributed by atoms with Gasteiger partial charge in [0.25, 0.3) is 5.91 Å². The fourth-order valence-electron chi connectivity index (χ4n) is 3.40. The number of amides is 1. The Morgan fingerprint density at radius 3 is 2.44 bits per heavy atom. The Kier molecular flexibility index (Phi) is 5.89. The van der Waals surface area contributed by atoms with E-state index in [1.807, 2.05) is 30.0 Å². The minimum absolute atomic E-state index is 0.0123. The SMILES string of the molecule is COc1cc(C)ccc1OCC(=O)N1CCN(c2cccc(C)c2C)CC1. The van der Waals surface area contributed by atoms with Crippen molar-refractivity contribution in [3.05, 3.63) is 53.1 Å². The number of carbonyl (C=O) groups is 1. The quantitative estimate of drug-likeness (QED) is 0.812. The number of piperazine rings is 1. The molecule has 1 saturated heterocycles. The molecule has 0 spiro atoms. The van der Waals surface area contributed by atoms with Gasteiger partial charge in [-0.3, -0.25) is 4.79 Å². The molecule has 0 saturated carbocycles. The summed E-state index contributed by atoms with van der Waals surface area (Å²) < 4.78 is 11.0. The molecule has 1 heterocycles. The van der Waals surface area contributed by atoms with Crippen LogP contribution >= 0.6 is 0 Å². The molecule has 0 unspecified atom stereocenters. The van der Waals surface area contributed by atoms with Gasteiger partial charge in [-0.05, 0) is 55.7 Å². The molecule has 0 bridgehead atoms. The van der Waals surface area contributed by atoms with E-state index < -0.39 is 0 Å². The number of carbonyl (C=O) groups excluding carboxylic acids is 1. The summed E-state index contributed by atoms with van der Waals surface area (Å²) in [6, 6.07) is 12.1. The van der Waals surface area contributed by atoms with Crippen LogP contribution in [0.2, 0.25) is 0 Å². The molecule has 2 aromatic rings. The van der Waals surface area contributed by atoms with Crippen LogP contribution in [0.25, 0.3) is 0 Å². The minimum Gasteiger partial charge on any atom is -0.493 e. The molecule has 0 aliphatic carbocycles. The molecule has 2 aromatic carbocycles. The maximum absolute atomic E-state index is 12.5. The Bertz CT molecular complexity index is 811. The Morgan fingerprint density at radius 1 is 1.00 bits per heavy atom. The van der Waals surface area contributed by atoms with Gasteiger partial charge in [0, 0.05) is 31.9 Å². The Morgan fingerprint density at radius 2 is 1.74 bits per heavy atom. The third-order valence-electron chi connectivity index (χ3n) is 5.22. The topological polar surface area (TPSA) is 42.0 Å². The molecule has 3 rings (SSSR count). The highest BCUT2D eigenvalue weighted by Crippen LogP contribution is 2.28. The highest BCUT2D eigenvalue weighted by molar-refractivity contribution is 5.78. The molecule has 1 fully saturated rings. The van der Waals surface area contributed by atoms with Crippen LogP contribution in [-0.2, 0) is 4.79 Å². The fraction of sp³-hybridized carbons (Fsp3) is 0.409. The predicted octanol–water partition coefficient (Wildman–Crippen LogP) is 3.35. The number of nitrogens with zero attached hydrogens (tertiary/aromatic N) is 2. The molecule has 1 aliphatic heterocycles. The molecule has 144 valence electrons. The van der Waals surface area contributed by atoms with Gasteiger partial charge >= 0.3 is 0 Å². The lowest BCUT2D eigenvalue weighted by Crippen LogP contribution is -2.50. The number of benzene rings is 2. The number of anilines is 1. The zero-order chi connectivity index (χ0) is 19.4. The third-order valence-corrected chi connectivity index (χ3v) is 5.22. The van der Waals surface area contributed by atoms with Crippen molar-refractivity contribution in [1.82, 2.24) is 4.90 Å². The lowest BCUT2D eigenvalue weighted by molar-refractivity contribution is -0.133. The van der Waals surface area contributed by atoms with Gasteiger partial charge in [0.2, 0.25) is 0 Å². The first-order valence-corrected chi connectivity index (χ1v) is 9.36.